The van der Waals surface area contributed by atoms with Crippen molar-refractivity contribution >= 4 is 17.3 Å². The van der Waals surface area contributed by atoms with Gasteiger partial charge in [-0.15, -0.1) is 0 Å². The van der Waals surface area contributed by atoms with Gasteiger partial charge in [0.25, 0.3) is 6.43 Å². The van der Waals surface area contributed by atoms with Gasteiger partial charge in [0, 0.05) is 0 Å². The molecule has 1 aromatic rings. The quantitative estimate of drug-likeness (QED) is 0.565. The lowest BCUT2D eigenvalue weighted by Gasteiger charge is -1.99. The first-order chi connectivity index (χ1) is 6.02. The standard InChI is InChI=1S/C5H4ClF2N3O2/c6-5-3(11(12)13)1-9-10(5)2-4(7)8/h1,4H,2H2. The van der Waals surface area contributed by atoms with Gasteiger partial charge in [0.2, 0.25) is 5.15 Å². The summed E-state index contributed by atoms with van der Waals surface area (Å²) in [5.41, 5.74) is -0.470. The van der Waals surface area contributed by atoms with E-state index >= 15 is 0 Å². The summed E-state index contributed by atoms with van der Waals surface area (Å²) in [6.07, 6.45) is -1.80. The molecule has 8 heteroatoms. The normalized spacial score (nSPS) is 10.8. The van der Waals surface area contributed by atoms with Crippen LogP contribution in [0.25, 0.3) is 0 Å². The molecule has 0 aliphatic carbocycles. The maximum atomic E-state index is 11.8. The Morgan fingerprint density at radius 2 is 2.38 bits per heavy atom. The zero-order chi connectivity index (χ0) is 10.0. The number of rotatable bonds is 3. The van der Waals surface area contributed by atoms with Crippen LogP contribution in [-0.2, 0) is 6.54 Å². The summed E-state index contributed by atoms with van der Waals surface area (Å²) in [6.45, 7) is -0.743. The molecule has 0 spiro atoms. The van der Waals surface area contributed by atoms with Crippen LogP contribution in [0.2, 0.25) is 5.15 Å². The van der Waals surface area contributed by atoms with Crippen molar-refractivity contribution in [2.75, 3.05) is 0 Å². The minimum absolute atomic E-state index is 0.384. The van der Waals surface area contributed by atoms with Gasteiger partial charge in [0.05, 0.1) is 4.92 Å². The molecule has 0 fully saturated rings. The van der Waals surface area contributed by atoms with Gasteiger partial charge in [-0.3, -0.25) is 10.1 Å². The van der Waals surface area contributed by atoms with Crippen molar-refractivity contribution in [3.05, 3.63) is 21.5 Å². The van der Waals surface area contributed by atoms with E-state index in [0.29, 0.717) is 4.68 Å². The third-order valence-electron chi connectivity index (χ3n) is 1.27. The van der Waals surface area contributed by atoms with Crippen LogP contribution in [0.1, 0.15) is 0 Å². The number of halogens is 3. The highest BCUT2D eigenvalue weighted by molar-refractivity contribution is 6.31. The van der Waals surface area contributed by atoms with Gasteiger partial charge >= 0.3 is 5.69 Å². The number of nitro groups is 1. The van der Waals surface area contributed by atoms with E-state index in [2.05, 4.69) is 5.10 Å². The monoisotopic (exact) mass is 211 g/mol. The Kier molecular flexibility index (Phi) is 2.76. The van der Waals surface area contributed by atoms with Crippen LogP contribution in [0.3, 0.4) is 0 Å². The molecule has 0 N–H and O–H groups in total. The summed E-state index contributed by atoms with van der Waals surface area (Å²) in [7, 11) is 0. The molecule has 0 unspecified atom stereocenters. The molecule has 0 atom stereocenters. The van der Waals surface area contributed by atoms with E-state index in [1.54, 1.807) is 0 Å². The fourth-order valence-electron chi connectivity index (χ4n) is 0.741. The van der Waals surface area contributed by atoms with Gasteiger partial charge in [-0.2, -0.15) is 5.10 Å². The highest BCUT2D eigenvalue weighted by Crippen LogP contribution is 2.23. The van der Waals surface area contributed by atoms with E-state index in [4.69, 9.17) is 11.6 Å². The van der Waals surface area contributed by atoms with Gasteiger partial charge in [0.15, 0.2) is 0 Å². The molecule has 72 valence electrons. The second-order valence-electron chi connectivity index (χ2n) is 2.15. The predicted octanol–water partition coefficient (Wildman–Crippen LogP) is 1.71. The third kappa shape index (κ3) is 2.11. The number of aromatic nitrogens is 2. The van der Waals surface area contributed by atoms with Crippen LogP contribution < -0.4 is 0 Å². The molecular formula is C5H4ClF2N3O2. The first-order valence-corrected chi connectivity index (χ1v) is 3.54. The Balaban J connectivity index is 2.93. The lowest BCUT2D eigenvalue weighted by molar-refractivity contribution is -0.384. The second kappa shape index (κ2) is 3.65. The molecule has 0 amide bonds. The van der Waals surface area contributed by atoms with Gasteiger partial charge in [-0.05, 0) is 0 Å². The van der Waals surface area contributed by atoms with Crippen molar-refractivity contribution in [2.45, 2.75) is 13.0 Å². The average Bonchev–Trinajstić information content (AvgIpc) is 2.32. The average molecular weight is 212 g/mol. The van der Waals surface area contributed by atoms with Crippen LogP contribution in [0.5, 0.6) is 0 Å². The van der Waals surface area contributed by atoms with Crippen molar-refractivity contribution < 1.29 is 13.7 Å². The van der Waals surface area contributed by atoms with Gasteiger partial charge in [0.1, 0.15) is 12.7 Å². The lowest BCUT2D eigenvalue weighted by Crippen LogP contribution is -2.07. The van der Waals surface area contributed by atoms with E-state index in [9.17, 15) is 18.9 Å². The highest BCUT2D eigenvalue weighted by Gasteiger charge is 2.20. The van der Waals surface area contributed by atoms with Crippen LogP contribution in [0.4, 0.5) is 14.5 Å². The first-order valence-electron chi connectivity index (χ1n) is 3.16. The van der Waals surface area contributed by atoms with Crippen molar-refractivity contribution in [2.24, 2.45) is 0 Å². The van der Waals surface area contributed by atoms with Gasteiger partial charge < -0.3 is 0 Å². The van der Waals surface area contributed by atoms with E-state index < -0.39 is 23.6 Å². The molecule has 0 radical (unpaired) electrons. The maximum Gasteiger partial charge on any atom is 0.325 e. The van der Waals surface area contributed by atoms with E-state index in [1.165, 1.54) is 0 Å². The fourth-order valence-corrected chi connectivity index (χ4v) is 0.971. The zero-order valence-corrected chi connectivity index (χ0v) is 6.91. The molecule has 0 saturated carbocycles. The largest absolute Gasteiger partial charge is 0.325 e. The second-order valence-corrected chi connectivity index (χ2v) is 2.51. The highest BCUT2D eigenvalue weighted by atomic mass is 35.5. The van der Waals surface area contributed by atoms with Crippen LogP contribution in [0.15, 0.2) is 6.20 Å². The molecule has 0 aliphatic heterocycles. The summed E-state index contributed by atoms with van der Waals surface area (Å²) in [5.74, 6) is 0. The predicted molar refractivity (Wildman–Crippen MR) is 39.9 cm³/mol. The number of hydrogen-bond donors (Lipinski definition) is 0. The van der Waals surface area contributed by atoms with Crippen molar-refractivity contribution in [3.63, 3.8) is 0 Å². The molecular weight excluding hydrogens is 208 g/mol. The van der Waals surface area contributed by atoms with Crippen molar-refractivity contribution in [1.29, 1.82) is 0 Å². The molecule has 5 nitrogen and oxygen atoms in total. The summed E-state index contributed by atoms with van der Waals surface area (Å²) in [5, 5.41) is 13.2. The van der Waals surface area contributed by atoms with E-state index in [0.717, 1.165) is 6.20 Å². The van der Waals surface area contributed by atoms with E-state index in [1.807, 2.05) is 0 Å². The molecule has 1 heterocycles. The third-order valence-corrected chi connectivity index (χ3v) is 1.65. The SMILES string of the molecule is O=[N+]([O-])c1cnn(CC(F)F)c1Cl. The number of nitrogens with zero attached hydrogens (tertiary/aromatic N) is 3. The fraction of sp³-hybridized carbons (Fsp3) is 0.400. The first kappa shape index (κ1) is 9.85. The summed E-state index contributed by atoms with van der Waals surface area (Å²) >= 11 is 5.39. The summed E-state index contributed by atoms with van der Waals surface area (Å²) in [4.78, 5) is 9.42. The molecule has 0 bridgehead atoms. The maximum absolute atomic E-state index is 11.8. The topological polar surface area (TPSA) is 61.0 Å². The summed E-state index contributed by atoms with van der Waals surface area (Å²) < 4.78 is 24.3. The Labute approximate surface area is 76.1 Å². The molecule has 1 aromatic heterocycles. The van der Waals surface area contributed by atoms with Gasteiger partial charge in [-0.1, -0.05) is 11.6 Å². The van der Waals surface area contributed by atoms with E-state index in [-0.39, 0.29) is 5.15 Å². The lowest BCUT2D eigenvalue weighted by atomic mass is 10.6. The Bertz CT molecular complexity index is 328. The number of hydrogen-bond acceptors (Lipinski definition) is 3. The Morgan fingerprint density at radius 1 is 1.77 bits per heavy atom. The molecule has 0 aliphatic rings. The van der Waals surface area contributed by atoms with Gasteiger partial charge in [-0.25, -0.2) is 13.5 Å². The number of alkyl halides is 2. The Morgan fingerprint density at radius 3 is 2.77 bits per heavy atom. The molecule has 13 heavy (non-hydrogen) atoms. The van der Waals surface area contributed by atoms with Crippen LogP contribution >= 0.6 is 11.6 Å². The smallest absolute Gasteiger partial charge is 0.258 e. The molecule has 1 rings (SSSR count). The molecule has 0 aromatic carbocycles. The molecule has 0 saturated heterocycles. The minimum Gasteiger partial charge on any atom is -0.258 e. The van der Waals surface area contributed by atoms with Crippen molar-refractivity contribution in [1.82, 2.24) is 9.78 Å². The zero-order valence-electron chi connectivity index (χ0n) is 6.15. The summed E-state index contributed by atoms with van der Waals surface area (Å²) in [6, 6.07) is 0. The minimum atomic E-state index is -2.64. The van der Waals surface area contributed by atoms with Crippen LogP contribution in [-0.4, -0.2) is 21.1 Å². The van der Waals surface area contributed by atoms with Crippen molar-refractivity contribution in [3.8, 4) is 0 Å². The Hall–Kier alpha value is -1.24. The van der Waals surface area contributed by atoms with Crippen LogP contribution in [0, 0.1) is 10.1 Å².